The molecule has 0 aliphatic rings. The molecule has 1 heterocycles. The number of hydrogen-bond donors (Lipinski definition) is 3. The molecule has 0 saturated heterocycles. The summed E-state index contributed by atoms with van der Waals surface area (Å²) >= 11 is 0. The second-order valence-corrected chi connectivity index (χ2v) is 3.88. The number of aromatic nitrogens is 2. The minimum absolute atomic E-state index is 0.0249. The number of nitrogen functional groups attached to an aromatic ring is 1. The third-order valence-corrected chi connectivity index (χ3v) is 2.58. The Morgan fingerprint density at radius 1 is 1.44 bits per heavy atom. The molecular weight excluding hydrogens is 232 g/mol. The normalized spacial score (nSPS) is 10.3. The lowest BCUT2D eigenvalue weighted by Crippen LogP contribution is -2.17. The molecule has 0 unspecified atom stereocenters. The Morgan fingerprint density at radius 2 is 2.11 bits per heavy atom. The molecule has 1 amide bonds. The number of nitrogens with zero attached hydrogens (tertiary/aromatic N) is 2. The molecule has 0 saturated carbocycles. The van der Waals surface area contributed by atoms with E-state index in [9.17, 15) is 4.79 Å². The van der Waals surface area contributed by atoms with E-state index in [0.717, 1.165) is 5.56 Å². The molecule has 1 aromatic carbocycles. The van der Waals surface area contributed by atoms with Gasteiger partial charge in [0, 0.05) is 12.7 Å². The number of carbonyl (C=O) groups is 1. The first kappa shape index (κ1) is 12.1. The van der Waals surface area contributed by atoms with E-state index in [1.165, 1.54) is 10.9 Å². The molecule has 94 valence electrons. The third kappa shape index (κ3) is 2.33. The van der Waals surface area contributed by atoms with Crippen molar-refractivity contribution < 1.29 is 9.90 Å². The van der Waals surface area contributed by atoms with Gasteiger partial charge in [-0.25, -0.2) is 0 Å². The van der Waals surface area contributed by atoms with E-state index in [2.05, 4.69) is 10.4 Å². The molecule has 1 aromatic heterocycles. The molecule has 2 aromatic rings. The van der Waals surface area contributed by atoms with Crippen LogP contribution in [0.25, 0.3) is 0 Å². The number of carbonyl (C=O) groups excluding carboxylic acids is 1. The van der Waals surface area contributed by atoms with Gasteiger partial charge in [-0.3, -0.25) is 9.48 Å². The van der Waals surface area contributed by atoms with Crippen LogP contribution >= 0.6 is 0 Å². The number of aliphatic hydroxyl groups is 1. The summed E-state index contributed by atoms with van der Waals surface area (Å²) in [6, 6.07) is 6.91. The number of amides is 1. The van der Waals surface area contributed by atoms with Crippen LogP contribution in [-0.2, 0) is 13.7 Å². The number of hydrogen-bond acceptors (Lipinski definition) is 4. The van der Waals surface area contributed by atoms with Crippen LogP contribution in [0.1, 0.15) is 16.1 Å². The zero-order valence-corrected chi connectivity index (χ0v) is 9.92. The minimum Gasteiger partial charge on any atom is -0.396 e. The average Bonchev–Trinajstić information content (AvgIpc) is 2.70. The number of nitrogens with two attached hydrogens (primary N) is 1. The second kappa shape index (κ2) is 4.89. The monoisotopic (exact) mass is 246 g/mol. The van der Waals surface area contributed by atoms with E-state index < -0.39 is 0 Å². The summed E-state index contributed by atoms with van der Waals surface area (Å²) in [5.74, 6) is -0.316. The predicted octanol–water partition coefficient (Wildman–Crippen LogP) is 0.747. The van der Waals surface area contributed by atoms with Gasteiger partial charge >= 0.3 is 0 Å². The molecule has 0 aliphatic carbocycles. The number of nitrogens with one attached hydrogen (secondary N) is 1. The molecule has 18 heavy (non-hydrogen) atoms. The van der Waals surface area contributed by atoms with Gasteiger partial charge in [-0.2, -0.15) is 5.10 Å². The second-order valence-electron chi connectivity index (χ2n) is 3.88. The fourth-order valence-corrected chi connectivity index (χ4v) is 1.62. The van der Waals surface area contributed by atoms with E-state index >= 15 is 0 Å². The molecule has 0 spiro atoms. The van der Waals surface area contributed by atoms with E-state index in [1.54, 1.807) is 31.3 Å². The molecular formula is C12H14N4O2. The van der Waals surface area contributed by atoms with Gasteiger partial charge in [0.1, 0.15) is 5.69 Å². The van der Waals surface area contributed by atoms with Crippen molar-refractivity contribution in [2.24, 2.45) is 7.05 Å². The minimum atomic E-state index is -0.316. The first-order valence-electron chi connectivity index (χ1n) is 5.40. The van der Waals surface area contributed by atoms with Gasteiger partial charge in [-0.1, -0.05) is 12.1 Å². The zero-order valence-electron chi connectivity index (χ0n) is 9.92. The Bertz CT molecular complexity index is 540. The van der Waals surface area contributed by atoms with Crippen molar-refractivity contribution in [3.63, 3.8) is 0 Å². The number of aryl methyl sites for hydroxylation is 1. The SMILES string of the molecule is Cn1ncc(N)c1C(=O)Nc1ccc(CO)cc1. The quantitative estimate of drug-likeness (QED) is 0.745. The number of rotatable bonds is 3. The summed E-state index contributed by atoms with van der Waals surface area (Å²) in [5.41, 5.74) is 7.74. The van der Waals surface area contributed by atoms with E-state index in [0.29, 0.717) is 17.1 Å². The molecule has 2 rings (SSSR count). The van der Waals surface area contributed by atoms with Crippen molar-refractivity contribution >= 4 is 17.3 Å². The third-order valence-electron chi connectivity index (χ3n) is 2.58. The highest BCUT2D eigenvalue weighted by Crippen LogP contribution is 2.14. The van der Waals surface area contributed by atoms with Crippen molar-refractivity contribution in [2.75, 3.05) is 11.1 Å². The van der Waals surface area contributed by atoms with Gasteiger partial charge in [0.2, 0.25) is 0 Å². The molecule has 6 nitrogen and oxygen atoms in total. The topological polar surface area (TPSA) is 93.2 Å². The van der Waals surface area contributed by atoms with Crippen LogP contribution in [-0.4, -0.2) is 20.8 Å². The van der Waals surface area contributed by atoms with Gasteiger partial charge in [0.05, 0.1) is 18.5 Å². The van der Waals surface area contributed by atoms with Gasteiger partial charge in [-0.15, -0.1) is 0 Å². The molecule has 0 radical (unpaired) electrons. The largest absolute Gasteiger partial charge is 0.396 e. The molecule has 0 atom stereocenters. The van der Waals surface area contributed by atoms with Crippen LogP contribution in [0.4, 0.5) is 11.4 Å². The van der Waals surface area contributed by atoms with E-state index in [1.807, 2.05) is 0 Å². The first-order valence-corrected chi connectivity index (χ1v) is 5.40. The summed E-state index contributed by atoms with van der Waals surface area (Å²) in [4.78, 5) is 12.0. The van der Waals surface area contributed by atoms with Gasteiger partial charge in [-0.05, 0) is 17.7 Å². The highest BCUT2D eigenvalue weighted by molar-refractivity contribution is 6.06. The summed E-state index contributed by atoms with van der Waals surface area (Å²) in [6.07, 6.45) is 1.43. The number of benzene rings is 1. The lowest BCUT2D eigenvalue weighted by atomic mass is 10.2. The van der Waals surface area contributed by atoms with Crippen molar-refractivity contribution in [3.05, 3.63) is 41.7 Å². The van der Waals surface area contributed by atoms with Crippen molar-refractivity contribution in [1.29, 1.82) is 0 Å². The summed E-state index contributed by atoms with van der Waals surface area (Å²) < 4.78 is 1.42. The molecule has 0 aliphatic heterocycles. The van der Waals surface area contributed by atoms with Crippen LogP contribution in [0.5, 0.6) is 0 Å². The molecule has 0 bridgehead atoms. The Hall–Kier alpha value is -2.34. The fraction of sp³-hybridized carbons (Fsp3) is 0.167. The van der Waals surface area contributed by atoms with Crippen molar-refractivity contribution in [2.45, 2.75) is 6.61 Å². The fourth-order valence-electron chi connectivity index (χ4n) is 1.62. The maximum absolute atomic E-state index is 12.0. The van der Waals surface area contributed by atoms with Gasteiger partial charge in [0.25, 0.3) is 5.91 Å². The maximum Gasteiger partial charge on any atom is 0.276 e. The Labute approximate surface area is 104 Å². The van der Waals surface area contributed by atoms with Crippen LogP contribution in [0.3, 0.4) is 0 Å². The Kier molecular flexibility index (Phi) is 3.29. The highest BCUT2D eigenvalue weighted by atomic mass is 16.3. The lowest BCUT2D eigenvalue weighted by molar-refractivity contribution is 0.101. The number of anilines is 2. The summed E-state index contributed by atoms with van der Waals surface area (Å²) in [5, 5.41) is 15.5. The van der Waals surface area contributed by atoms with Gasteiger partial charge < -0.3 is 16.2 Å². The maximum atomic E-state index is 12.0. The standard InChI is InChI=1S/C12H14N4O2/c1-16-11(10(13)6-14-16)12(18)15-9-4-2-8(7-17)3-5-9/h2-6,17H,7,13H2,1H3,(H,15,18). The molecule has 0 fully saturated rings. The van der Waals surface area contributed by atoms with Crippen LogP contribution in [0.2, 0.25) is 0 Å². The summed E-state index contributed by atoms with van der Waals surface area (Å²) in [6.45, 7) is -0.0249. The van der Waals surface area contributed by atoms with Crippen LogP contribution in [0, 0.1) is 0 Å². The predicted molar refractivity (Wildman–Crippen MR) is 67.9 cm³/mol. The van der Waals surface area contributed by atoms with Gasteiger partial charge in [0.15, 0.2) is 0 Å². The van der Waals surface area contributed by atoms with E-state index in [-0.39, 0.29) is 12.5 Å². The van der Waals surface area contributed by atoms with Crippen LogP contribution in [0.15, 0.2) is 30.5 Å². The average molecular weight is 246 g/mol. The van der Waals surface area contributed by atoms with Crippen molar-refractivity contribution in [1.82, 2.24) is 9.78 Å². The Morgan fingerprint density at radius 3 is 2.61 bits per heavy atom. The van der Waals surface area contributed by atoms with E-state index in [4.69, 9.17) is 10.8 Å². The summed E-state index contributed by atoms with van der Waals surface area (Å²) in [7, 11) is 1.65. The smallest absolute Gasteiger partial charge is 0.276 e. The van der Waals surface area contributed by atoms with Crippen molar-refractivity contribution in [3.8, 4) is 0 Å². The highest BCUT2D eigenvalue weighted by Gasteiger charge is 2.14. The molecule has 6 heteroatoms. The number of aliphatic hydroxyl groups excluding tert-OH is 1. The Balaban J connectivity index is 2.16. The lowest BCUT2D eigenvalue weighted by Gasteiger charge is -2.06. The van der Waals surface area contributed by atoms with Crippen LogP contribution < -0.4 is 11.1 Å². The zero-order chi connectivity index (χ0) is 13.1. The first-order chi connectivity index (χ1) is 8.61. The molecule has 4 N–H and O–H groups in total.